The third-order valence-electron chi connectivity index (χ3n) is 4.23. The summed E-state index contributed by atoms with van der Waals surface area (Å²) in [5, 5.41) is 12.3. The first-order valence-electron chi connectivity index (χ1n) is 8.08. The number of benzene rings is 1. The molecule has 2 rings (SSSR count). The van der Waals surface area contributed by atoms with Gasteiger partial charge in [-0.05, 0) is 45.4 Å². The number of rotatable bonds is 7. The Kier molecular flexibility index (Phi) is 5.80. The second-order valence-corrected chi connectivity index (χ2v) is 6.38. The number of carbonyl (C=O) groups excluding carboxylic acids is 1. The lowest BCUT2D eigenvalue weighted by Crippen LogP contribution is -2.50. The molecule has 0 aliphatic rings. The third kappa shape index (κ3) is 3.86. The zero-order chi connectivity index (χ0) is 17.7. The Hall–Kier alpha value is -2.11. The van der Waals surface area contributed by atoms with E-state index in [2.05, 4.69) is 9.88 Å². The lowest BCUT2D eigenvalue weighted by Gasteiger charge is -2.29. The van der Waals surface area contributed by atoms with Crippen LogP contribution in [0.3, 0.4) is 0 Å². The fourth-order valence-electron chi connectivity index (χ4n) is 3.04. The van der Waals surface area contributed by atoms with Gasteiger partial charge in [-0.3, -0.25) is 4.79 Å². The number of amides is 1. The molecule has 0 fully saturated rings. The first kappa shape index (κ1) is 18.2. The summed E-state index contributed by atoms with van der Waals surface area (Å²) in [6.07, 6.45) is 0.435. The first-order valence-corrected chi connectivity index (χ1v) is 8.08. The molecule has 1 aromatic carbocycles. The van der Waals surface area contributed by atoms with Gasteiger partial charge in [0.2, 0.25) is 0 Å². The minimum absolute atomic E-state index is 0.0107. The number of aliphatic hydroxyl groups excluding tert-OH is 1. The van der Waals surface area contributed by atoms with Crippen LogP contribution in [0, 0.1) is 13.8 Å². The summed E-state index contributed by atoms with van der Waals surface area (Å²) in [4.78, 5) is 12.8. The van der Waals surface area contributed by atoms with Gasteiger partial charge in [0.15, 0.2) is 0 Å². The Morgan fingerprint density at radius 2 is 1.96 bits per heavy atom. The quantitative estimate of drug-likeness (QED) is 0.820. The SMILES string of the molecule is COCC(C)(CCO)NC(=O)c1cc(C)n(-c2ccccc2)c1C. The molecule has 0 spiro atoms. The van der Waals surface area contributed by atoms with E-state index in [1.165, 1.54) is 0 Å². The highest BCUT2D eigenvalue weighted by atomic mass is 16.5. The molecular weight excluding hydrogens is 304 g/mol. The fourth-order valence-corrected chi connectivity index (χ4v) is 3.04. The average molecular weight is 330 g/mol. The van der Waals surface area contributed by atoms with Crippen molar-refractivity contribution in [1.29, 1.82) is 0 Å². The Labute approximate surface area is 143 Å². The number of methoxy groups -OCH3 is 1. The van der Waals surface area contributed by atoms with Crippen molar-refractivity contribution in [1.82, 2.24) is 9.88 Å². The van der Waals surface area contributed by atoms with Crippen molar-refractivity contribution in [3.8, 4) is 5.69 Å². The van der Waals surface area contributed by atoms with Crippen molar-refractivity contribution < 1.29 is 14.6 Å². The van der Waals surface area contributed by atoms with E-state index in [-0.39, 0.29) is 12.5 Å². The van der Waals surface area contributed by atoms with Crippen LogP contribution in [0.2, 0.25) is 0 Å². The maximum Gasteiger partial charge on any atom is 0.253 e. The molecule has 1 amide bonds. The molecule has 0 aliphatic heterocycles. The summed E-state index contributed by atoms with van der Waals surface area (Å²) in [5.74, 6) is -0.154. The highest BCUT2D eigenvalue weighted by Gasteiger charge is 2.28. The lowest BCUT2D eigenvalue weighted by molar-refractivity contribution is 0.0725. The lowest BCUT2D eigenvalue weighted by atomic mass is 9.98. The number of nitrogens with zero attached hydrogens (tertiary/aromatic N) is 1. The van der Waals surface area contributed by atoms with Crippen LogP contribution >= 0.6 is 0 Å². The summed E-state index contributed by atoms with van der Waals surface area (Å²) in [6.45, 7) is 6.13. The van der Waals surface area contributed by atoms with E-state index in [0.717, 1.165) is 17.1 Å². The average Bonchev–Trinajstić information content (AvgIpc) is 2.83. The maximum atomic E-state index is 12.8. The van der Waals surface area contributed by atoms with Gasteiger partial charge in [-0.2, -0.15) is 0 Å². The molecule has 0 bridgehead atoms. The van der Waals surface area contributed by atoms with Crippen molar-refractivity contribution in [3.05, 3.63) is 53.3 Å². The standard InChI is InChI=1S/C19H26N2O3/c1-14-12-17(15(2)21(14)16-8-6-5-7-9-16)18(23)20-19(3,10-11-22)13-24-4/h5-9,12,22H,10-11,13H2,1-4H3,(H,20,23). The molecule has 2 N–H and O–H groups in total. The van der Waals surface area contributed by atoms with Gasteiger partial charge in [-0.25, -0.2) is 0 Å². The molecule has 2 aromatic rings. The highest BCUT2D eigenvalue weighted by molar-refractivity contribution is 5.96. The molecule has 0 saturated carbocycles. The van der Waals surface area contributed by atoms with Crippen LogP contribution in [-0.2, 0) is 4.74 Å². The Bertz CT molecular complexity index is 686. The van der Waals surface area contributed by atoms with Gasteiger partial charge < -0.3 is 19.7 Å². The van der Waals surface area contributed by atoms with Crippen LogP contribution in [0.1, 0.15) is 35.1 Å². The van der Waals surface area contributed by atoms with Crippen LogP contribution in [0.4, 0.5) is 0 Å². The molecule has 1 heterocycles. The number of hydrogen-bond acceptors (Lipinski definition) is 3. The second-order valence-electron chi connectivity index (χ2n) is 6.38. The minimum atomic E-state index is -0.601. The van der Waals surface area contributed by atoms with Gasteiger partial charge in [0.1, 0.15) is 0 Å². The van der Waals surface area contributed by atoms with Gasteiger partial charge in [0.25, 0.3) is 5.91 Å². The van der Waals surface area contributed by atoms with E-state index in [9.17, 15) is 9.90 Å². The molecule has 0 radical (unpaired) electrons. The normalized spacial score (nSPS) is 13.5. The van der Waals surface area contributed by atoms with Gasteiger partial charge in [-0.15, -0.1) is 0 Å². The molecule has 1 unspecified atom stereocenters. The van der Waals surface area contributed by atoms with Crippen LogP contribution in [-0.4, -0.2) is 41.4 Å². The summed E-state index contributed by atoms with van der Waals surface area (Å²) in [6, 6.07) is 11.8. The van der Waals surface area contributed by atoms with Gasteiger partial charge in [0, 0.05) is 30.8 Å². The topological polar surface area (TPSA) is 63.5 Å². The van der Waals surface area contributed by atoms with Crippen molar-refractivity contribution in [3.63, 3.8) is 0 Å². The number of para-hydroxylation sites is 1. The zero-order valence-corrected chi connectivity index (χ0v) is 14.8. The van der Waals surface area contributed by atoms with Crippen molar-refractivity contribution in [2.75, 3.05) is 20.3 Å². The molecular formula is C19H26N2O3. The zero-order valence-electron chi connectivity index (χ0n) is 14.8. The van der Waals surface area contributed by atoms with Crippen LogP contribution in [0.5, 0.6) is 0 Å². The predicted octanol–water partition coefficient (Wildman–Crippen LogP) is 2.61. The summed E-state index contributed by atoms with van der Waals surface area (Å²) >= 11 is 0. The van der Waals surface area contributed by atoms with Crippen LogP contribution in [0.15, 0.2) is 36.4 Å². The molecule has 0 saturated heterocycles. The van der Waals surface area contributed by atoms with Crippen molar-refractivity contribution >= 4 is 5.91 Å². The fraction of sp³-hybridized carbons (Fsp3) is 0.421. The number of aryl methyl sites for hydroxylation is 1. The Balaban J connectivity index is 2.31. The molecule has 0 aliphatic carbocycles. The van der Waals surface area contributed by atoms with Crippen molar-refractivity contribution in [2.24, 2.45) is 0 Å². The van der Waals surface area contributed by atoms with E-state index < -0.39 is 5.54 Å². The van der Waals surface area contributed by atoms with Crippen molar-refractivity contribution in [2.45, 2.75) is 32.7 Å². The smallest absolute Gasteiger partial charge is 0.253 e. The first-order chi connectivity index (χ1) is 11.4. The molecule has 1 aromatic heterocycles. The second kappa shape index (κ2) is 7.64. The highest BCUT2D eigenvalue weighted by Crippen LogP contribution is 2.21. The molecule has 1 atom stereocenters. The number of ether oxygens (including phenoxy) is 1. The number of aromatic nitrogens is 1. The van der Waals surface area contributed by atoms with Crippen LogP contribution in [0.25, 0.3) is 5.69 Å². The van der Waals surface area contributed by atoms with E-state index in [1.807, 2.05) is 57.2 Å². The Morgan fingerprint density at radius 3 is 2.54 bits per heavy atom. The predicted molar refractivity (Wildman–Crippen MR) is 94.7 cm³/mol. The van der Waals surface area contributed by atoms with E-state index in [0.29, 0.717) is 18.6 Å². The summed E-state index contributed by atoms with van der Waals surface area (Å²) in [7, 11) is 1.59. The number of carbonyl (C=O) groups is 1. The van der Waals surface area contributed by atoms with Gasteiger partial charge in [-0.1, -0.05) is 18.2 Å². The van der Waals surface area contributed by atoms with E-state index in [1.54, 1.807) is 7.11 Å². The Morgan fingerprint density at radius 1 is 1.29 bits per heavy atom. The molecule has 5 nitrogen and oxygen atoms in total. The minimum Gasteiger partial charge on any atom is -0.396 e. The van der Waals surface area contributed by atoms with E-state index in [4.69, 9.17) is 4.74 Å². The summed E-state index contributed by atoms with van der Waals surface area (Å²) < 4.78 is 7.26. The van der Waals surface area contributed by atoms with E-state index >= 15 is 0 Å². The van der Waals surface area contributed by atoms with Crippen LogP contribution < -0.4 is 5.32 Å². The monoisotopic (exact) mass is 330 g/mol. The molecule has 24 heavy (non-hydrogen) atoms. The maximum absolute atomic E-state index is 12.8. The molecule has 5 heteroatoms. The number of nitrogens with one attached hydrogen (secondary N) is 1. The number of aliphatic hydroxyl groups is 1. The third-order valence-corrected chi connectivity index (χ3v) is 4.23. The van der Waals surface area contributed by atoms with Gasteiger partial charge >= 0.3 is 0 Å². The largest absolute Gasteiger partial charge is 0.396 e. The molecule has 130 valence electrons. The van der Waals surface area contributed by atoms with Gasteiger partial charge in [0.05, 0.1) is 17.7 Å². The summed E-state index contributed by atoms with van der Waals surface area (Å²) in [5.41, 5.74) is 2.95. The number of hydrogen-bond donors (Lipinski definition) is 2.